The lowest BCUT2D eigenvalue weighted by Crippen LogP contribution is -2.35. The molecular weight excluding hydrogens is 318 g/mol. The first-order valence-electron chi connectivity index (χ1n) is 5.81. The third-order valence-electron chi connectivity index (χ3n) is 1.96. The second-order valence-corrected chi connectivity index (χ2v) is 5.65. The summed E-state index contributed by atoms with van der Waals surface area (Å²) in [5.41, 5.74) is 5.50. The van der Waals surface area contributed by atoms with E-state index in [0.717, 1.165) is 0 Å². The van der Waals surface area contributed by atoms with Crippen molar-refractivity contribution in [3.05, 3.63) is 24.3 Å². The molecule has 0 aromatic heterocycles. The molecule has 0 saturated heterocycles. The lowest BCUT2D eigenvalue weighted by atomic mass is 10.3. The van der Waals surface area contributed by atoms with Gasteiger partial charge in [0.15, 0.2) is 0 Å². The van der Waals surface area contributed by atoms with Gasteiger partial charge in [-0.25, -0.2) is 9.52 Å². The molecule has 0 unspecified atom stereocenters. The van der Waals surface area contributed by atoms with E-state index in [2.05, 4.69) is 21.7 Å². The number of benzene rings is 1. The molecule has 0 aliphatic carbocycles. The summed E-state index contributed by atoms with van der Waals surface area (Å²) in [5, 5.41) is 0. The zero-order valence-electron chi connectivity index (χ0n) is 11.2. The van der Waals surface area contributed by atoms with E-state index in [1.807, 2.05) is 0 Å². The van der Waals surface area contributed by atoms with Gasteiger partial charge < -0.3 is 15.2 Å². The highest BCUT2D eigenvalue weighted by atomic mass is 32.2. The molecule has 0 atom stereocenters. The first-order chi connectivity index (χ1) is 9.82. The molecule has 1 aromatic rings. The maximum Gasteiger partial charge on any atom is 0.422 e. The molecule has 0 aliphatic heterocycles. The normalized spacial score (nSPS) is 10.5. The van der Waals surface area contributed by atoms with Gasteiger partial charge in [0, 0.05) is 6.07 Å². The number of thiocarbonyl (C=S) groups is 1. The van der Waals surface area contributed by atoms with Crippen molar-refractivity contribution in [1.29, 1.82) is 0 Å². The zero-order chi connectivity index (χ0) is 15.9. The summed E-state index contributed by atoms with van der Waals surface area (Å²) in [7, 11) is -4.08. The van der Waals surface area contributed by atoms with Crippen LogP contribution in [0, 0.1) is 0 Å². The highest BCUT2D eigenvalue weighted by Gasteiger charge is 2.15. The molecule has 0 saturated carbocycles. The number of nitrogens with two attached hydrogens (primary N) is 1. The van der Waals surface area contributed by atoms with E-state index in [1.54, 1.807) is 23.8 Å². The number of hydrogen-bond donors (Lipinski definition) is 3. The summed E-state index contributed by atoms with van der Waals surface area (Å²) in [5.74, 6) is 0.374. The Morgan fingerprint density at radius 1 is 1.43 bits per heavy atom. The van der Waals surface area contributed by atoms with E-state index >= 15 is 0 Å². The Morgan fingerprint density at radius 2 is 2.14 bits per heavy atom. The van der Waals surface area contributed by atoms with Crippen molar-refractivity contribution >= 4 is 39.2 Å². The van der Waals surface area contributed by atoms with Crippen LogP contribution in [0.4, 0.5) is 10.5 Å². The first kappa shape index (κ1) is 17.0. The molecule has 116 valence electrons. The first-order valence-corrected chi connectivity index (χ1v) is 7.70. The Hall–Kier alpha value is -2.07. The van der Waals surface area contributed by atoms with Gasteiger partial charge in [0.1, 0.15) is 17.3 Å². The Balaban J connectivity index is 2.71. The second-order valence-electron chi connectivity index (χ2n) is 3.71. The molecule has 1 amide bonds. The minimum Gasteiger partial charge on any atom is -0.486 e. The van der Waals surface area contributed by atoms with Gasteiger partial charge in [0.2, 0.25) is 0 Å². The number of anilines is 1. The molecule has 4 N–H and O–H groups in total. The number of rotatable bonds is 7. The number of carbonyl (C=O) groups excluding carboxylic acids is 1. The lowest BCUT2D eigenvalue weighted by Gasteiger charge is -2.10. The average molecular weight is 333 g/mol. The topological polar surface area (TPSA) is 120 Å². The predicted octanol–water partition coefficient (Wildman–Crippen LogP) is 0.754. The summed E-state index contributed by atoms with van der Waals surface area (Å²) in [6.45, 7) is 1.65. The van der Waals surface area contributed by atoms with Crippen LogP contribution >= 0.6 is 12.2 Å². The van der Waals surface area contributed by atoms with E-state index in [9.17, 15) is 13.2 Å². The van der Waals surface area contributed by atoms with Gasteiger partial charge in [-0.2, -0.15) is 8.42 Å². The van der Waals surface area contributed by atoms with Crippen LogP contribution in [0.25, 0.3) is 0 Å². The molecule has 1 aromatic carbocycles. The third-order valence-corrected chi connectivity index (χ3v) is 3.02. The molecule has 21 heavy (non-hydrogen) atoms. The van der Waals surface area contributed by atoms with Crippen LogP contribution in [0.15, 0.2) is 24.3 Å². The fourth-order valence-corrected chi connectivity index (χ4v) is 2.08. The predicted molar refractivity (Wildman–Crippen MR) is 81.4 cm³/mol. The van der Waals surface area contributed by atoms with E-state index in [1.165, 1.54) is 12.1 Å². The van der Waals surface area contributed by atoms with Crippen molar-refractivity contribution in [1.82, 2.24) is 4.72 Å². The standard InChI is InChI=1S/C11H15N3O5S2/c1-2-18-11(15)14-21(16,17)13-8-4-3-5-9(6-8)19-7-10(12)20/h3-6,13H,2,7H2,1H3,(H2,12,20)(H,14,15). The third kappa shape index (κ3) is 6.77. The Labute approximate surface area is 127 Å². The van der Waals surface area contributed by atoms with Crippen molar-refractivity contribution in [2.24, 2.45) is 5.73 Å². The number of hydrogen-bond acceptors (Lipinski definition) is 6. The maximum atomic E-state index is 11.7. The molecule has 1 rings (SSSR count). The quantitative estimate of drug-likeness (QED) is 0.630. The van der Waals surface area contributed by atoms with Crippen LogP contribution in [-0.4, -0.2) is 32.7 Å². The van der Waals surface area contributed by atoms with E-state index in [-0.39, 0.29) is 23.9 Å². The highest BCUT2D eigenvalue weighted by Crippen LogP contribution is 2.18. The lowest BCUT2D eigenvalue weighted by molar-refractivity contribution is 0.159. The van der Waals surface area contributed by atoms with Crippen molar-refractivity contribution in [3.63, 3.8) is 0 Å². The maximum absolute atomic E-state index is 11.7. The van der Waals surface area contributed by atoms with E-state index in [0.29, 0.717) is 5.75 Å². The average Bonchev–Trinajstić information content (AvgIpc) is 2.35. The van der Waals surface area contributed by atoms with Crippen LogP contribution in [0.5, 0.6) is 5.75 Å². The Kier molecular flexibility index (Phi) is 6.18. The van der Waals surface area contributed by atoms with Crippen LogP contribution < -0.4 is 19.9 Å². The summed E-state index contributed by atoms with van der Waals surface area (Å²) >= 11 is 4.67. The number of ether oxygens (including phenoxy) is 2. The van der Waals surface area contributed by atoms with Gasteiger partial charge in [0.05, 0.1) is 12.3 Å². The Bertz CT molecular complexity index is 618. The van der Waals surface area contributed by atoms with Gasteiger partial charge >= 0.3 is 16.3 Å². The summed E-state index contributed by atoms with van der Waals surface area (Å²) in [6, 6.07) is 6.08. The molecule has 8 nitrogen and oxygen atoms in total. The van der Waals surface area contributed by atoms with Gasteiger partial charge in [0.25, 0.3) is 0 Å². The van der Waals surface area contributed by atoms with E-state index in [4.69, 9.17) is 10.5 Å². The number of carbonyl (C=O) groups is 1. The fraction of sp³-hybridized carbons (Fsp3) is 0.273. The van der Waals surface area contributed by atoms with Crippen LogP contribution in [0.3, 0.4) is 0 Å². The summed E-state index contributed by atoms with van der Waals surface area (Å²) < 4.78 is 36.9. The second kappa shape index (κ2) is 7.64. The van der Waals surface area contributed by atoms with Crippen LogP contribution in [-0.2, 0) is 14.9 Å². The highest BCUT2D eigenvalue weighted by molar-refractivity contribution is 7.91. The minimum atomic E-state index is -4.08. The van der Waals surface area contributed by atoms with Gasteiger partial charge in [-0.05, 0) is 19.1 Å². The molecule has 0 radical (unpaired) electrons. The molecule has 0 fully saturated rings. The van der Waals surface area contributed by atoms with Crippen molar-refractivity contribution in [3.8, 4) is 5.75 Å². The van der Waals surface area contributed by atoms with E-state index < -0.39 is 16.3 Å². The zero-order valence-corrected chi connectivity index (χ0v) is 12.8. The Morgan fingerprint density at radius 3 is 2.76 bits per heavy atom. The van der Waals surface area contributed by atoms with Gasteiger partial charge in [-0.1, -0.05) is 18.3 Å². The fourth-order valence-electron chi connectivity index (χ4n) is 1.25. The molecular formula is C11H15N3O5S2. The number of nitrogens with one attached hydrogen (secondary N) is 2. The monoisotopic (exact) mass is 333 g/mol. The van der Waals surface area contributed by atoms with Gasteiger partial charge in [-0.15, -0.1) is 0 Å². The number of amides is 1. The summed E-state index contributed by atoms with van der Waals surface area (Å²) in [4.78, 5) is 11.3. The van der Waals surface area contributed by atoms with Crippen LogP contribution in [0.2, 0.25) is 0 Å². The van der Waals surface area contributed by atoms with Crippen molar-refractivity contribution in [2.45, 2.75) is 6.92 Å². The molecule has 0 spiro atoms. The summed E-state index contributed by atoms with van der Waals surface area (Å²) in [6.07, 6.45) is -1.06. The molecule has 0 aliphatic rings. The van der Waals surface area contributed by atoms with Crippen molar-refractivity contribution in [2.75, 3.05) is 17.9 Å². The molecule has 0 heterocycles. The molecule has 10 heteroatoms. The smallest absolute Gasteiger partial charge is 0.422 e. The largest absolute Gasteiger partial charge is 0.486 e. The molecule has 0 bridgehead atoms. The minimum absolute atomic E-state index is 0.0343. The SMILES string of the molecule is CCOC(=O)NS(=O)(=O)Nc1cccc(OCC(N)=S)c1. The van der Waals surface area contributed by atoms with Crippen LogP contribution in [0.1, 0.15) is 6.92 Å². The van der Waals surface area contributed by atoms with Crippen molar-refractivity contribution < 1.29 is 22.7 Å². The van der Waals surface area contributed by atoms with Gasteiger partial charge in [-0.3, -0.25) is 4.72 Å².